The SMILES string of the molecule is COc1[c]c(OC)cc(C(C)(C)F)c1. The average Bonchev–Trinajstić information content (AvgIpc) is 2.15. The highest BCUT2D eigenvalue weighted by molar-refractivity contribution is 5.39. The van der Waals surface area contributed by atoms with Gasteiger partial charge in [-0.2, -0.15) is 0 Å². The summed E-state index contributed by atoms with van der Waals surface area (Å²) >= 11 is 0. The maximum Gasteiger partial charge on any atom is 0.131 e. The molecule has 0 bridgehead atoms. The lowest BCUT2D eigenvalue weighted by atomic mass is 10.00. The normalized spacial score (nSPS) is 11.2. The highest BCUT2D eigenvalue weighted by atomic mass is 19.1. The fraction of sp³-hybridized carbons (Fsp3) is 0.455. The van der Waals surface area contributed by atoms with Gasteiger partial charge in [0.25, 0.3) is 0 Å². The van der Waals surface area contributed by atoms with Crippen LogP contribution in [0.5, 0.6) is 11.5 Å². The molecule has 1 rings (SSSR count). The topological polar surface area (TPSA) is 18.5 Å². The summed E-state index contributed by atoms with van der Waals surface area (Å²) < 4.78 is 23.6. The van der Waals surface area contributed by atoms with Gasteiger partial charge < -0.3 is 9.47 Å². The van der Waals surface area contributed by atoms with E-state index in [0.717, 1.165) is 0 Å². The molecule has 1 aromatic carbocycles. The van der Waals surface area contributed by atoms with Crippen molar-refractivity contribution in [3.05, 3.63) is 23.8 Å². The van der Waals surface area contributed by atoms with Crippen LogP contribution in [0.2, 0.25) is 0 Å². The summed E-state index contributed by atoms with van der Waals surface area (Å²) in [6.07, 6.45) is 0. The first-order valence-corrected chi connectivity index (χ1v) is 4.32. The lowest BCUT2D eigenvalue weighted by Gasteiger charge is -2.16. The van der Waals surface area contributed by atoms with E-state index in [1.54, 1.807) is 12.1 Å². The van der Waals surface area contributed by atoms with Gasteiger partial charge in [-0.3, -0.25) is 0 Å². The zero-order valence-corrected chi connectivity index (χ0v) is 8.85. The lowest BCUT2D eigenvalue weighted by molar-refractivity contribution is 0.219. The van der Waals surface area contributed by atoms with Crippen LogP contribution < -0.4 is 9.47 Å². The summed E-state index contributed by atoms with van der Waals surface area (Å²) in [5, 5.41) is 0. The van der Waals surface area contributed by atoms with Crippen LogP contribution in [0.3, 0.4) is 0 Å². The molecule has 0 saturated carbocycles. The molecule has 0 heterocycles. The molecule has 0 fully saturated rings. The molecule has 0 N–H and O–H groups in total. The van der Waals surface area contributed by atoms with Crippen molar-refractivity contribution in [3.63, 3.8) is 0 Å². The quantitative estimate of drug-likeness (QED) is 0.741. The first kappa shape index (κ1) is 10.8. The Labute approximate surface area is 83.6 Å². The Morgan fingerprint density at radius 3 is 1.86 bits per heavy atom. The maximum absolute atomic E-state index is 13.6. The van der Waals surface area contributed by atoms with Gasteiger partial charge in [-0.05, 0) is 31.5 Å². The van der Waals surface area contributed by atoms with Crippen molar-refractivity contribution < 1.29 is 13.9 Å². The summed E-state index contributed by atoms with van der Waals surface area (Å²) in [5.41, 5.74) is -0.889. The van der Waals surface area contributed by atoms with Gasteiger partial charge in [-0.25, -0.2) is 4.39 Å². The summed E-state index contributed by atoms with van der Waals surface area (Å²) in [5.74, 6) is 0.954. The number of methoxy groups -OCH3 is 2. The van der Waals surface area contributed by atoms with Gasteiger partial charge in [-0.1, -0.05) is 0 Å². The number of hydrogen-bond donors (Lipinski definition) is 0. The number of rotatable bonds is 3. The number of ether oxygens (including phenoxy) is 2. The van der Waals surface area contributed by atoms with Crippen molar-refractivity contribution in [1.82, 2.24) is 0 Å². The van der Waals surface area contributed by atoms with E-state index in [1.165, 1.54) is 28.1 Å². The monoisotopic (exact) mass is 197 g/mol. The van der Waals surface area contributed by atoms with Gasteiger partial charge in [0.2, 0.25) is 0 Å². The molecule has 0 aliphatic carbocycles. The molecule has 2 nitrogen and oxygen atoms in total. The lowest BCUT2D eigenvalue weighted by Crippen LogP contribution is -2.09. The Bertz CT molecular complexity index is 293. The van der Waals surface area contributed by atoms with Crippen molar-refractivity contribution in [1.29, 1.82) is 0 Å². The Kier molecular flexibility index (Phi) is 2.99. The van der Waals surface area contributed by atoms with Crippen molar-refractivity contribution in [2.24, 2.45) is 0 Å². The molecule has 1 radical (unpaired) electrons. The molecule has 0 amide bonds. The van der Waals surface area contributed by atoms with Crippen molar-refractivity contribution in [2.45, 2.75) is 19.5 Å². The number of hydrogen-bond acceptors (Lipinski definition) is 2. The van der Waals surface area contributed by atoms with Crippen LogP contribution in [-0.2, 0) is 5.67 Å². The zero-order valence-electron chi connectivity index (χ0n) is 8.85. The molecule has 77 valence electrons. The molecule has 0 unspecified atom stereocenters. The van der Waals surface area contributed by atoms with Crippen LogP contribution in [0.1, 0.15) is 19.4 Å². The Morgan fingerprint density at radius 1 is 1.14 bits per heavy atom. The first-order valence-electron chi connectivity index (χ1n) is 4.32. The third-order valence-corrected chi connectivity index (χ3v) is 1.95. The van der Waals surface area contributed by atoms with Crippen LogP contribution in [0.25, 0.3) is 0 Å². The summed E-state index contributed by atoms with van der Waals surface area (Å²) in [4.78, 5) is 0. The highest BCUT2D eigenvalue weighted by Crippen LogP contribution is 2.31. The van der Waals surface area contributed by atoms with Gasteiger partial charge >= 0.3 is 0 Å². The van der Waals surface area contributed by atoms with Crippen LogP contribution in [0, 0.1) is 6.07 Å². The van der Waals surface area contributed by atoms with Gasteiger partial charge in [0.1, 0.15) is 17.2 Å². The second-order valence-corrected chi connectivity index (χ2v) is 3.48. The Morgan fingerprint density at radius 2 is 1.57 bits per heavy atom. The largest absolute Gasteiger partial charge is 0.496 e. The smallest absolute Gasteiger partial charge is 0.131 e. The molecule has 0 saturated heterocycles. The van der Waals surface area contributed by atoms with E-state index in [1.807, 2.05) is 0 Å². The molecule has 0 aromatic heterocycles. The third-order valence-electron chi connectivity index (χ3n) is 1.95. The highest BCUT2D eigenvalue weighted by Gasteiger charge is 2.20. The second-order valence-electron chi connectivity index (χ2n) is 3.48. The molecule has 3 heteroatoms. The molecule has 1 aromatic rings. The standard InChI is InChI=1S/C11H14FO2/c1-11(2,12)8-5-9(13-3)7-10(6-8)14-4/h5-6H,1-4H3. The van der Waals surface area contributed by atoms with Crippen molar-refractivity contribution in [3.8, 4) is 11.5 Å². The van der Waals surface area contributed by atoms with E-state index in [4.69, 9.17) is 9.47 Å². The minimum absolute atomic E-state index is 0.477. The van der Waals surface area contributed by atoms with Gasteiger partial charge in [0, 0.05) is 0 Å². The van der Waals surface area contributed by atoms with E-state index in [9.17, 15) is 4.39 Å². The Balaban J connectivity index is 3.17. The minimum atomic E-state index is -1.41. The molecule has 0 aliphatic rings. The van der Waals surface area contributed by atoms with Crippen molar-refractivity contribution in [2.75, 3.05) is 14.2 Å². The number of halogens is 1. The molecule has 14 heavy (non-hydrogen) atoms. The molecule has 0 aliphatic heterocycles. The van der Waals surface area contributed by atoms with Crippen LogP contribution in [0.4, 0.5) is 4.39 Å². The van der Waals surface area contributed by atoms with E-state index >= 15 is 0 Å². The number of alkyl halides is 1. The van der Waals surface area contributed by atoms with Crippen molar-refractivity contribution >= 4 is 0 Å². The van der Waals surface area contributed by atoms with E-state index in [2.05, 4.69) is 6.07 Å². The summed E-state index contributed by atoms with van der Waals surface area (Å²) in [6, 6.07) is 6.07. The van der Waals surface area contributed by atoms with E-state index in [-0.39, 0.29) is 0 Å². The first-order chi connectivity index (χ1) is 6.47. The van der Waals surface area contributed by atoms with Gasteiger partial charge in [0.05, 0.1) is 20.3 Å². The molecule has 0 spiro atoms. The molecular formula is C11H14FO2. The molecule has 0 atom stereocenters. The fourth-order valence-corrected chi connectivity index (χ4v) is 1.08. The zero-order chi connectivity index (χ0) is 10.8. The van der Waals surface area contributed by atoms with E-state index in [0.29, 0.717) is 17.1 Å². The minimum Gasteiger partial charge on any atom is -0.496 e. The predicted molar refractivity (Wildman–Crippen MR) is 52.5 cm³/mol. The fourth-order valence-electron chi connectivity index (χ4n) is 1.08. The van der Waals surface area contributed by atoms with Crippen LogP contribution in [0.15, 0.2) is 12.1 Å². The van der Waals surface area contributed by atoms with Crippen LogP contribution >= 0.6 is 0 Å². The van der Waals surface area contributed by atoms with Gasteiger partial charge in [-0.15, -0.1) is 0 Å². The molecular weight excluding hydrogens is 183 g/mol. The Hall–Kier alpha value is -1.25. The predicted octanol–water partition coefficient (Wildman–Crippen LogP) is 2.71. The summed E-state index contributed by atoms with van der Waals surface area (Å²) in [6.45, 7) is 2.97. The summed E-state index contributed by atoms with van der Waals surface area (Å²) in [7, 11) is 3.03. The average molecular weight is 197 g/mol. The second kappa shape index (κ2) is 3.86. The maximum atomic E-state index is 13.6. The third kappa shape index (κ3) is 2.37. The van der Waals surface area contributed by atoms with Crippen LogP contribution in [-0.4, -0.2) is 14.2 Å². The van der Waals surface area contributed by atoms with E-state index < -0.39 is 5.67 Å². The number of benzene rings is 1. The van der Waals surface area contributed by atoms with Gasteiger partial charge in [0.15, 0.2) is 0 Å².